The number of thiophene rings is 1. The highest BCUT2D eigenvalue weighted by atomic mass is 32.1. The lowest BCUT2D eigenvalue weighted by molar-refractivity contribution is 0.0951. The van der Waals surface area contributed by atoms with Gasteiger partial charge in [-0.15, -0.1) is 11.3 Å². The third-order valence-electron chi connectivity index (χ3n) is 4.00. The van der Waals surface area contributed by atoms with E-state index in [1.807, 2.05) is 60.0 Å². The average molecular weight is 360 g/mol. The first-order chi connectivity index (χ1) is 12.8. The van der Waals surface area contributed by atoms with Crippen LogP contribution in [0.25, 0.3) is 21.9 Å². The quantitative estimate of drug-likeness (QED) is 0.545. The highest BCUT2D eigenvalue weighted by Crippen LogP contribution is 2.24. The minimum absolute atomic E-state index is 0.0992. The third kappa shape index (κ3) is 3.58. The van der Waals surface area contributed by atoms with Gasteiger partial charge in [-0.25, -0.2) is 0 Å². The summed E-state index contributed by atoms with van der Waals surface area (Å²) >= 11 is 1.68. The molecule has 0 saturated carbocycles. The summed E-state index contributed by atoms with van der Waals surface area (Å²) in [4.78, 5) is 17.9. The van der Waals surface area contributed by atoms with Gasteiger partial charge >= 0.3 is 0 Å². The number of hydrogen-bond donors (Lipinski definition) is 1. The molecule has 0 atom stereocenters. The molecule has 128 valence electrons. The number of rotatable bonds is 5. The summed E-state index contributed by atoms with van der Waals surface area (Å²) in [5, 5.41) is 4.97. The van der Waals surface area contributed by atoms with Crippen LogP contribution in [0.15, 0.2) is 82.9 Å². The van der Waals surface area contributed by atoms with Crippen LogP contribution in [0, 0.1) is 0 Å². The Morgan fingerprint density at radius 3 is 2.58 bits per heavy atom. The molecular formula is C21H16N2O2S. The number of pyridine rings is 1. The van der Waals surface area contributed by atoms with Crippen molar-refractivity contribution in [3.63, 3.8) is 0 Å². The fourth-order valence-electron chi connectivity index (χ4n) is 2.61. The normalized spacial score (nSPS) is 10.6. The van der Waals surface area contributed by atoms with E-state index in [2.05, 4.69) is 16.4 Å². The van der Waals surface area contributed by atoms with E-state index in [1.165, 1.54) is 4.88 Å². The van der Waals surface area contributed by atoms with Crippen LogP contribution >= 0.6 is 11.3 Å². The van der Waals surface area contributed by atoms with Crippen LogP contribution in [0.2, 0.25) is 0 Å². The summed E-state index contributed by atoms with van der Waals surface area (Å²) in [6.07, 6.45) is 3.37. The van der Waals surface area contributed by atoms with Gasteiger partial charge in [0.1, 0.15) is 5.69 Å². The lowest BCUT2D eigenvalue weighted by Crippen LogP contribution is -2.22. The standard InChI is InChI=1S/C21H16N2O2S/c24-21(17-8-6-16(7-9-17)20-4-2-12-26-20)23-14-15-5-10-18(22-13-15)19-3-1-11-25-19/h1-13H,14H2,(H,23,24). The van der Waals surface area contributed by atoms with Crippen molar-refractivity contribution in [3.05, 3.63) is 89.6 Å². The van der Waals surface area contributed by atoms with E-state index < -0.39 is 0 Å². The summed E-state index contributed by atoms with van der Waals surface area (Å²) in [6.45, 7) is 0.428. The molecule has 1 amide bonds. The number of nitrogens with one attached hydrogen (secondary N) is 1. The van der Waals surface area contributed by atoms with E-state index >= 15 is 0 Å². The molecule has 3 heterocycles. The van der Waals surface area contributed by atoms with E-state index in [4.69, 9.17) is 4.42 Å². The van der Waals surface area contributed by atoms with Crippen LogP contribution in [0.3, 0.4) is 0 Å². The lowest BCUT2D eigenvalue weighted by Gasteiger charge is -2.06. The summed E-state index contributed by atoms with van der Waals surface area (Å²) in [5.41, 5.74) is 3.47. The molecule has 4 rings (SSSR count). The molecule has 0 bridgehead atoms. The van der Waals surface area contributed by atoms with Crippen molar-refractivity contribution in [2.45, 2.75) is 6.54 Å². The Hall–Kier alpha value is -3.18. The summed E-state index contributed by atoms with van der Waals surface area (Å²) in [6, 6.07) is 19.2. The first kappa shape index (κ1) is 16.3. The fraction of sp³-hybridized carbons (Fsp3) is 0.0476. The van der Waals surface area contributed by atoms with Gasteiger partial charge < -0.3 is 9.73 Å². The van der Waals surface area contributed by atoms with Crippen molar-refractivity contribution >= 4 is 17.2 Å². The number of amides is 1. The molecule has 0 saturated heterocycles. The van der Waals surface area contributed by atoms with Gasteiger partial charge in [0, 0.05) is 23.2 Å². The monoisotopic (exact) mass is 360 g/mol. The van der Waals surface area contributed by atoms with Gasteiger partial charge in [-0.3, -0.25) is 9.78 Å². The van der Waals surface area contributed by atoms with Crippen LogP contribution in [0.4, 0.5) is 0 Å². The Bertz CT molecular complexity index is 974. The van der Waals surface area contributed by atoms with Crippen molar-refractivity contribution in [3.8, 4) is 21.9 Å². The van der Waals surface area contributed by atoms with Gasteiger partial charge in [-0.1, -0.05) is 24.3 Å². The second-order valence-corrected chi connectivity index (χ2v) is 6.71. The van der Waals surface area contributed by atoms with E-state index in [9.17, 15) is 4.79 Å². The average Bonchev–Trinajstić information content (AvgIpc) is 3.40. The van der Waals surface area contributed by atoms with Crippen LogP contribution in [-0.2, 0) is 6.54 Å². The van der Waals surface area contributed by atoms with E-state index in [-0.39, 0.29) is 5.91 Å². The van der Waals surface area contributed by atoms with Crippen molar-refractivity contribution < 1.29 is 9.21 Å². The Morgan fingerprint density at radius 1 is 1.04 bits per heavy atom. The van der Waals surface area contributed by atoms with Gasteiger partial charge in [-0.2, -0.15) is 0 Å². The zero-order valence-electron chi connectivity index (χ0n) is 13.9. The molecule has 5 heteroatoms. The maximum absolute atomic E-state index is 12.3. The fourth-order valence-corrected chi connectivity index (χ4v) is 3.35. The predicted molar refractivity (Wildman–Crippen MR) is 103 cm³/mol. The number of hydrogen-bond acceptors (Lipinski definition) is 4. The number of furan rings is 1. The highest BCUT2D eigenvalue weighted by Gasteiger charge is 2.07. The molecule has 4 nitrogen and oxygen atoms in total. The topological polar surface area (TPSA) is 55.1 Å². The van der Waals surface area contributed by atoms with Gasteiger partial charge in [0.2, 0.25) is 0 Å². The summed E-state index contributed by atoms with van der Waals surface area (Å²) in [5.74, 6) is 0.629. The van der Waals surface area contributed by atoms with Gasteiger partial charge in [0.15, 0.2) is 5.76 Å². The zero-order chi connectivity index (χ0) is 17.8. The molecule has 0 spiro atoms. The van der Waals surface area contributed by atoms with Crippen LogP contribution in [0.1, 0.15) is 15.9 Å². The molecule has 0 aliphatic carbocycles. The smallest absolute Gasteiger partial charge is 0.251 e. The Balaban J connectivity index is 1.37. The summed E-state index contributed by atoms with van der Waals surface area (Å²) in [7, 11) is 0. The Kier molecular flexibility index (Phi) is 4.62. The molecule has 4 aromatic rings. The maximum atomic E-state index is 12.3. The molecule has 26 heavy (non-hydrogen) atoms. The number of nitrogens with zero attached hydrogens (tertiary/aromatic N) is 1. The second kappa shape index (κ2) is 7.37. The number of benzene rings is 1. The molecule has 0 aliphatic rings. The molecule has 0 fully saturated rings. The van der Waals surface area contributed by atoms with Crippen molar-refractivity contribution in [2.75, 3.05) is 0 Å². The lowest BCUT2D eigenvalue weighted by atomic mass is 10.1. The minimum atomic E-state index is -0.0992. The Labute approximate surface area is 155 Å². The van der Waals surface area contributed by atoms with E-state index in [0.29, 0.717) is 12.1 Å². The first-order valence-electron chi connectivity index (χ1n) is 8.20. The SMILES string of the molecule is O=C(NCc1ccc(-c2ccco2)nc1)c1ccc(-c2cccs2)cc1. The highest BCUT2D eigenvalue weighted by molar-refractivity contribution is 7.13. The number of aromatic nitrogens is 1. The van der Waals surface area contributed by atoms with Crippen molar-refractivity contribution in [1.29, 1.82) is 0 Å². The third-order valence-corrected chi connectivity index (χ3v) is 4.92. The van der Waals surface area contributed by atoms with E-state index in [0.717, 1.165) is 22.6 Å². The van der Waals surface area contributed by atoms with Gasteiger partial charge in [-0.05, 0) is 52.9 Å². The number of carbonyl (C=O) groups is 1. The second-order valence-electron chi connectivity index (χ2n) is 5.77. The van der Waals surface area contributed by atoms with Crippen LogP contribution in [-0.4, -0.2) is 10.9 Å². The maximum Gasteiger partial charge on any atom is 0.251 e. The first-order valence-corrected chi connectivity index (χ1v) is 9.08. The van der Waals surface area contributed by atoms with Gasteiger partial charge in [0.05, 0.1) is 6.26 Å². The molecule has 0 unspecified atom stereocenters. The van der Waals surface area contributed by atoms with E-state index in [1.54, 1.807) is 23.8 Å². The van der Waals surface area contributed by atoms with Crippen molar-refractivity contribution in [2.24, 2.45) is 0 Å². The van der Waals surface area contributed by atoms with Crippen LogP contribution < -0.4 is 5.32 Å². The molecule has 3 aromatic heterocycles. The zero-order valence-corrected chi connectivity index (χ0v) is 14.7. The van der Waals surface area contributed by atoms with Crippen LogP contribution in [0.5, 0.6) is 0 Å². The Morgan fingerprint density at radius 2 is 1.92 bits per heavy atom. The molecule has 1 N–H and O–H groups in total. The molecular weight excluding hydrogens is 344 g/mol. The largest absolute Gasteiger partial charge is 0.463 e. The molecule has 0 radical (unpaired) electrons. The summed E-state index contributed by atoms with van der Waals surface area (Å²) < 4.78 is 5.32. The molecule has 0 aliphatic heterocycles. The van der Waals surface area contributed by atoms with Gasteiger partial charge in [0.25, 0.3) is 5.91 Å². The predicted octanol–water partition coefficient (Wildman–Crippen LogP) is 5.00. The number of carbonyl (C=O) groups excluding carboxylic acids is 1. The minimum Gasteiger partial charge on any atom is -0.463 e. The van der Waals surface area contributed by atoms with Crippen molar-refractivity contribution in [1.82, 2.24) is 10.3 Å². The molecule has 1 aromatic carbocycles.